The van der Waals surface area contributed by atoms with Crippen LogP contribution in [0.2, 0.25) is 5.02 Å². The summed E-state index contributed by atoms with van der Waals surface area (Å²) in [6, 6.07) is 7.46. The number of benzene rings is 1. The van der Waals surface area contributed by atoms with Gasteiger partial charge in [0.2, 0.25) is 5.91 Å². The van der Waals surface area contributed by atoms with E-state index in [9.17, 15) is 4.79 Å². The number of likely N-dealkylation sites (N-methyl/N-ethyl adjacent to an activating group) is 1. The zero-order valence-electron chi connectivity index (χ0n) is 9.78. The van der Waals surface area contributed by atoms with Crippen LogP contribution in [0.4, 0.5) is 0 Å². The van der Waals surface area contributed by atoms with Crippen LogP contribution in [-0.4, -0.2) is 24.2 Å². The highest BCUT2D eigenvalue weighted by atomic mass is 35.5. The maximum atomic E-state index is 11.1. The molecular weight excluding hydrogens is 256 g/mol. The van der Waals surface area contributed by atoms with Crippen LogP contribution in [0.25, 0.3) is 0 Å². The van der Waals surface area contributed by atoms with Crippen LogP contribution < -0.4 is 11.1 Å². The molecule has 0 radical (unpaired) electrons. The highest BCUT2D eigenvalue weighted by Crippen LogP contribution is 2.16. The third-order valence-electron chi connectivity index (χ3n) is 2.26. The molecule has 1 atom stereocenters. The van der Waals surface area contributed by atoms with E-state index >= 15 is 0 Å². The number of nitrogens with one attached hydrogen (secondary N) is 1. The van der Waals surface area contributed by atoms with Crippen LogP contribution in [0.1, 0.15) is 12.5 Å². The van der Waals surface area contributed by atoms with E-state index in [1.807, 2.05) is 31.2 Å². The summed E-state index contributed by atoms with van der Waals surface area (Å²) < 4.78 is 0. The average Bonchev–Trinajstić information content (AvgIpc) is 2.30. The monoisotopic (exact) mass is 272 g/mol. The molecule has 1 aromatic carbocycles. The second-order valence-electron chi connectivity index (χ2n) is 3.65. The molecule has 1 amide bonds. The molecule has 94 valence electrons. The molecule has 3 nitrogen and oxygen atoms in total. The third kappa shape index (κ3) is 5.44. The van der Waals surface area contributed by atoms with Crippen molar-refractivity contribution in [3.05, 3.63) is 34.9 Å². The van der Waals surface area contributed by atoms with E-state index in [0.29, 0.717) is 5.75 Å². The van der Waals surface area contributed by atoms with Crippen molar-refractivity contribution in [3.8, 4) is 0 Å². The van der Waals surface area contributed by atoms with E-state index in [0.717, 1.165) is 17.3 Å². The van der Waals surface area contributed by atoms with Gasteiger partial charge < -0.3 is 11.1 Å². The number of primary amides is 1. The second-order valence-corrected chi connectivity index (χ2v) is 5.12. The quantitative estimate of drug-likeness (QED) is 0.799. The predicted octanol–water partition coefficient (Wildman–Crippen LogP) is 2.04. The van der Waals surface area contributed by atoms with Crippen LogP contribution in [0.5, 0.6) is 0 Å². The van der Waals surface area contributed by atoms with Crippen molar-refractivity contribution in [1.29, 1.82) is 0 Å². The molecule has 0 spiro atoms. The molecule has 0 saturated heterocycles. The predicted molar refractivity (Wildman–Crippen MR) is 74.3 cm³/mol. The van der Waals surface area contributed by atoms with Gasteiger partial charge in [-0.05, 0) is 24.2 Å². The lowest BCUT2D eigenvalue weighted by molar-refractivity contribution is -0.119. The zero-order chi connectivity index (χ0) is 12.7. The summed E-state index contributed by atoms with van der Waals surface area (Å²) in [5.74, 6) is 1.24. The zero-order valence-corrected chi connectivity index (χ0v) is 11.4. The van der Waals surface area contributed by atoms with Gasteiger partial charge in [-0.1, -0.05) is 30.7 Å². The highest BCUT2D eigenvalue weighted by Gasteiger charge is 2.13. The van der Waals surface area contributed by atoms with Crippen molar-refractivity contribution in [3.63, 3.8) is 0 Å². The number of hydrogen-bond donors (Lipinski definition) is 2. The van der Waals surface area contributed by atoms with Crippen LogP contribution >= 0.6 is 23.4 Å². The fourth-order valence-electron chi connectivity index (χ4n) is 1.36. The lowest BCUT2D eigenvalue weighted by Crippen LogP contribution is -2.43. The number of carbonyl (C=O) groups is 1. The number of rotatable bonds is 7. The van der Waals surface area contributed by atoms with Crippen molar-refractivity contribution in [2.75, 3.05) is 12.3 Å². The first-order chi connectivity index (χ1) is 8.13. The second kappa shape index (κ2) is 7.58. The average molecular weight is 273 g/mol. The van der Waals surface area contributed by atoms with Crippen LogP contribution in [-0.2, 0) is 10.5 Å². The minimum atomic E-state index is -0.296. The van der Waals surface area contributed by atoms with Crippen molar-refractivity contribution in [2.45, 2.75) is 18.7 Å². The van der Waals surface area contributed by atoms with Gasteiger partial charge in [0.15, 0.2) is 0 Å². The summed E-state index contributed by atoms with van der Waals surface area (Å²) >= 11 is 7.48. The summed E-state index contributed by atoms with van der Waals surface area (Å²) in [7, 11) is 0. The third-order valence-corrected chi connectivity index (χ3v) is 3.62. The Morgan fingerprint density at radius 2 is 2.12 bits per heavy atom. The number of thioether (sulfide) groups is 1. The number of halogens is 1. The smallest absolute Gasteiger partial charge is 0.235 e. The molecule has 0 heterocycles. The van der Waals surface area contributed by atoms with Crippen molar-refractivity contribution in [1.82, 2.24) is 5.32 Å². The Hall–Kier alpha value is -0.710. The van der Waals surface area contributed by atoms with Gasteiger partial charge in [0, 0.05) is 16.5 Å². The summed E-state index contributed by atoms with van der Waals surface area (Å²) in [5.41, 5.74) is 6.48. The normalized spacial score (nSPS) is 12.4. The minimum Gasteiger partial charge on any atom is -0.368 e. The van der Waals surface area contributed by atoms with E-state index < -0.39 is 0 Å². The Bertz CT molecular complexity index is 356. The Labute approximate surface area is 111 Å². The van der Waals surface area contributed by atoms with Gasteiger partial charge in [-0.15, -0.1) is 0 Å². The molecule has 0 aliphatic carbocycles. The van der Waals surface area contributed by atoms with Gasteiger partial charge in [-0.2, -0.15) is 11.8 Å². The highest BCUT2D eigenvalue weighted by molar-refractivity contribution is 7.98. The van der Waals surface area contributed by atoms with Gasteiger partial charge in [-0.3, -0.25) is 4.79 Å². The van der Waals surface area contributed by atoms with Crippen LogP contribution in [0.15, 0.2) is 24.3 Å². The minimum absolute atomic E-state index is 0.252. The molecule has 5 heteroatoms. The summed E-state index contributed by atoms with van der Waals surface area (Å²) in [6.45, 7) is 2.70. The van der Waals surface area contributed by atoms with Crippen LogP contribution in [0.3, 0.4) is 0 Å². The number of carbonyl (C=O) groups excluding carboxylic acids is 1. The molecular formula is C12H17ClN2OS. The standard InChI is InChI=1S/C12H17ClN2OS/c1-2-15-11(12(14)16)8-17-7-9-3-5-10(13)6-4-9/h3-6,11,15H,2,7-8H2,1H3,(H2,14,16). The van der Waals surface area contributed by atoms with E-state index in [1.165, 1.54) is 5.56 Å². The van der Waals surface area contributed by atoms with Gasteiger partial charge in [-0.25, -0.2) is 0 Å². The Morgan fingerprint density at radius 3 is 2.65 bits per heavy atom. The van der Waals surface area contributed by atoms with Gasteiger partial charge >= 0.3 is 0 Å². The summed E-state index contributed by atoms with van der Waals surface area (Å²) in [6.07, 6.45) is 0. The maximum Gasteiger partial charge on any atom is 0.235 e. The summed E-state index contributed by atoms with van der Waals surface area (Å²) in [5, 5.41) is 3.80. The van der Waals surface area contributed by atoms with E-state index in [4.69, 9.17) is 17.3 Å². The Kier molecular flexibility index (Phi) is 6.40. The fourth-order valence-corrected chi connectivity index (χ4v) is 2.55. The molecule has 0 saturated carbocycles. The maximum absolute atomic E-state index is 11.1. The van der Waals surface area contributed by atoms with Gasteiger partial charge in [0.1, 0.15) is 0 Å². The SMILES string of the molecule is CCNC(CSCc1ccc(Cl)cc1)C(N)=O. The fraction of sp³-hybridized carbons (Fsp3) is 0.417. The largest absolute Gasteiger partial charge is 0.368 e. The molecule has 0 bridgehead atoms. The molecule has 1 rings (SSSR count). The molecule has 0 aliphatic heterocycles. The number of hydrogen-bond acceptors (Lipinski definition) is 3. The van der Waals surface area contributed by atoms with E-state index in [1.54, 1.807) is 11.8 Å². The van der Waals surface area contributed by atoms with Crippen molar-refractivity contribution >= 4 is 29.3 Å². The van der Waals surface area contributed by atoms with E-state index in [-0.39, 0.29) is 11.9 Å². The van der Waals surface area contributed by atoms with Crippen LogP contribution in [0, 0.1) is 0 Å². The van der Waals surface area contributed by atoms with E-state index in [2.05, 4.69) is 5.32 Å². The number of amides is 1. The molecule has 1 unspecified atom stereocenters. The first-order valence-electron chi connectivity index (χ1n) is 5.48. The van der Waals surface area contributed by atoms with Gasteiger partial charge in [0.05, 0.1) is 6.04 Å². The van der Waals surface area contributed by atoms with Crippen molar-refractivity contribution < 1.29 is 4.79 Å². The molecule has 1 aromatic rings. The topological polar surface area (TPSA) is 55.1 Å². The molecule has 0 aromatic heterocycles. The first-order valence-corrected chi connectivity index (χ1v) is 7.01. The first kappa shape index (κ1) is 14.4. The lowest BCUT2D eigenvalue weighted by atomic mass is 10.2. The Balaban J connectivity index is 2.35. The number of nitrogens with two attached hydrogens (primary N) is 1. The molecule has 0 aliphatic rings. The Morgan fingerprint density at radius 1 is 1.47 bits per heavy atom. The molecule has 0 fully saturated rings. The lowest BCUT2D eigenvalue weighted by Gasteiger charge is -2.13. The molecule has 3 N–H and O–H groups in total. The molecule has 17 heavy (non-hydrogen) atoms. The van der Waals surface area contributed by atoms with Crippen molar-refractivity contribution in [2.24, 2.45) is 5.73 Å². The van der Waals surface area contributed by atoms with Gasteiger partial charge in [0.25, 0.3) is 0 Å². The summed E-state index contributed by atoms with van der Waals surface area (Å²) in [4.78, 5) is 11.1.